The van der Waals surface area contributed by atoms with E-state index >= 15 is 0 Å². The SMILES string of the molecule is CCCC1CNC(C(C)(C)C)CN1CCCF. The van der Waals surface area contributed by atoms with E-state index in [4.69, 9.17) is 0 Å². The van der Waals surface area contributed by atoms with Crippen LogP contribution in [0, 0.1) is 5.41 Å². The molecule has 0 radical (unpaired) electrons. The number of nitrogens with zero attached hydrogens (tertiary/aromatic N) is 1. The molecule has 0 spiro atoms. The van der Waals surface area contributed by atoms with Gasteiger partial charge in [0.25, 0.3) is 0 Å². The molecule has 102 valence electrons. The molecule has 0 amide bonds. The predicted octanol–water partition coefficient (Wildman–Crippen LogP) is 2.83. The summed E-state index contributed by atoms with van der Waals surface area (Å²) in [5, 5.41) is 3.66. The van der Waals surface area contributed by atoms with Crippen molar-refractivity contribution in [2.75, 3.05) is 26.3 Å². The van der Waals surface area contributed by atoms with Crippen molar-refractivity contribution in [3.8, 4) is 0 Å². The van der Waals surface area contributed by atoms with E-state index < -0.39 is 0 Å². The Morgan fingerprint density at radius 2 is 2.06 bits per heavy atom. The Hall–Kier alpha value is -0.150. The maximum absolute atomic E-state index is 12.3. The number of rotatable bonds is 5. The van der Waals surface area contributed by atoms with Crippen molar-refractivity contribution in [2.45, 2.75) is 59.0 Å². The van der Waals surface area contributed by atoms with Crippen LogP contribution in [0.2, 0.25) is 0 Å². The lowest BCUT2D eigenvalue weighted by Gasteiger charge is -2.45. The summed E-state index contributed by atoms with van der Waals surface area (Å²) < 4.78 is 12.3. The fourth-order valence-corrected chi connectivity index (χ4v) is 2.59. The highest BCUT2D eigenvalue weighted by Gasteiger charge is 2.33. The van der Waals surface area contributed by atoms with Gasteiger partial charge in [0.05, 0.1) is 6.67 Å². The lowest BCUT2D eigenvalue weighted by atomic mass is 9.84. The third-order valence-electron chi connectivity index (χ3n) is 3.78. The van der Waals surface area contributed by atoms with Crippen molar-refractivity contribution in [3.63, 3.8) is 0 Å². The van der Waals surface area contributed by atoms with Crippen LogP contribution in [0.3, 0.4) is 0 Å². The van der Waals surface area contributed by atoms with Crippen LogP contribution in [-0.2, 0) is 0 Å². The van der Waals surface area contributed by atoms with Gasteiger partial charge in [-0.15, -0.1) is 0 Å². The Balaban J connectivity index is 2.56. The minimum atomic E-state index is -0.192. The van der Waals surface area contributed by atoms with Gasteiger partial charge in [-0.25, -0.2) is 0 Å². The topological polar surface area (TPSA) is 15.3 Å². The summed E-state index contributed by atoms with van der Waals surface area (Å²) in [4.78, 5) is 2.50. The third kappa shape index (κ3) is 4.55. The first-order valence-corrected chi connectivity index (χ1v) is 7.02. The second-order valence-electron chi connectivity index (χ2n) is 6.31. The molecule has 1 aliphatic rings. The molecule has 1 saturated heterocycles. The minimum Gasteiger partial charge on any atom is -0.311 e. The van der Waals surface area contributed by atoms with Gasteiger partial charge in [0, 0.05) is 31.7 Å². The highest BCUT2D eigenvalue weighted by atomic mass is 19.1. The lowest BCUT2D eigenvalue weighted by molar-refractivity contribution is 0.0783. The molecule has 1 heterocycles. The van der Waals surface area contributed by atoms with Crippen LogP contribution >= 0.6 is 0 Å². The Morgan fingerprint density at radius 1 is 1.35 bits per heavy atom. The molecule has 0 aromatic carbocycles. The fraction of sp³-hybridized carbons (Fsp3) is 1.00. The Morgan fingerprint density at radius 3 is 2.59 bits per heavy atom. The van der Waals surface area contributed by atoms with Crippen molar-refractivity contribution in [1.29, 1.82) is 0 Å². The number of hydrogen-bond donors (Lipinski definition) is 1. The normalized spacial score (nSPS) is 27.4. The second kappa shape index (κ2) is 6.69. The average molecular weight is 244 g/mol. The number of hydrogen-bond acceptors (Lipinski definition) is 2. The van der Waals surface area contributed by atoms with Gasteiger partial charge < -0.3 is 5.32 Å². The maximum atomic E-state index is 12.3. The highest BCUT2D eigenvalue weighted by molar-refractivity contribution is 4.91. The molecule has 2 atom stereocenters. The molecule has 1 rings (SSSR count). The molecule has 2 unspecified atom stereocenters. The Bertz CT molecular complexity index is 213. The summed E-state index contributed by atoms with van der Waals surface area (Å²) in [6.45, 7) is 11.9. The summed E-state index contributed by atoms with van der Waals surface area (Å²) in [5.74, 6) is 0. The molecule has 1 N–H and O–H groups in total. The van der Waals surface area contributed by atoms with Crippen molar-refractivity contribution < 1.29 is 4.39 Å². The molecule has 0 aromatic rings. The van der Waals surface area contributed by atoms with Crippen molar-refractivity contribution in [2.24, 2.45) is 5.41 Å². The van der Waals surface area contributed by atoms with E-state index in [-0.39, 0.29) is 12.1 Å². The molecule has 0 aromatic heterocycles. The molecule has 3 heteroatoms. The van der Waals surface area contributed by atoms with Crippen molar-refractivity contribution >= 4 is 0 Å². The van der Waals surface area contributed by atoms with E-state index in [1.807, 2.05) is 0 Å². The van der Waals surface area contributed by atoms with Crippen LogP contribution in [0.5, 0.6) is 0 Å². The van der Waals surface area contributed by atoms with Gasteiger partial charge >= 0.3 is 0 Å². The molecule has 0 aliphatic carbocycles. The first-order chi connectivity index (χ1) is 7.99. The first kappa shape index (κ1) is 14.9. The van der Waals surface area contributed by atoms with Gasteiger partial charge in [-0.2, -0.15) is 0 Å². The fourth-order valence-electron chi connectivity index (χ4n) is 2.59. The number of alkyl halides is 1. The third-order valence-corrected chi connectivity index (χ3v) is 3.78. The predicted molar refractivity (Wildman–Crippen MR) is 72.1 cm³/mol. The lowest BCUT2D eigenvalue weighted by Crippen LogP contribution is -2.60. The number of piperazine rings is 1. The summed E-state index contributed by atoms with van der Waals surface area (Å²) in [5.41, 5.74) is 0.283. The van der Waals surface area contributed by atoms with E-state index in [1.165, 1.54) is 12.8 Å². The van der Waals surface area contributed by atoms with E-state index in [0.717, 1.165) is 19.6 Å². The highest BCUT2D eigenvalue weighted by Crippen LogP contribution is 2.24. The number of nitrogens with one attached hydrogen (secondary N) is 1. The second-order valence-corrected chi connectivity index (χ2v) is 6.31. The van der Waals surface area contributed by atoms with Gasteiger partial charge in [-0.3, -0.25) is 9.29 Å². The largest absolute Gasteiger partial charge is 0.311 e. The van der Waals surface area contributed by atoms with Crippen molar-refractivity contribution in [1.82, 2.24) is 10.2 Å². The van der Waals surface area contributed by atoms with Crippen LogP contribution < -0.4 is 5.32 Å². The van der Waals surface area contributed by atoms with Crippen LogP contribution in [0.4, 0.5) is 4.39 Å². The molecule has 1 aliphatic heterocycles. The van der Waals surface area contributed by atoms with Crippen molar-refractivity contribution in [3.05, 3.63) is 0 Å². The smallest absolute Gasteiger partial charge is 0.0906 e. The molecule has 2 nitrogen and oxygen atoms in total. The van der Waals surface area contributed by atoms with E-state index in [0.29, 0.717) is 18.5 Å². The van der Waals surface area contributed by atoms with E-state index in [9.17, 15) is 4.39 Å². The molecule has 0 bridgehead atoms. The Kier molecular flexibility index (Phi) is 5.87. The van der Waals surface area contributed by atoms with Crippen LogP contribution in [0.1, 0.15) is 47.0 Å². The zero-order valence-electron chi connectivity index (χ0n) is 11.9. The summed E-state index contributed by atoms with van der Waals surface area (Å²) in [6, 6.07) is 1.13. The monoisotopic (exact) mass is 244 g/mol. The standard InChI is InChI=1S/C14H29FN2/c1-5-7-12-10-16-13(14(2,3)4)11-17(12)9-6-8-15/h12-13,16H,5-11H2,1-4H3. The minimum absolute atomic E-state index is 0.192. The maximum Gasteiger partial charge on any atom is 0.0906 e. The Labute approximate surface area is 106 Å². The molecule has 0 saturated carbocycles. The molecule has 1 fully saturated rings. The van der Waals surface area contributed by atoms with Crippen LogP contribution in [0.25, 0.3) is 0 Å². The number of halogens is 1. The zero-order valence-corrected chi connectivity index (χ0v) is 11.9. The zero-order chi connectivity index (χ0) is 12.9. The van der Waals surface area contributed by atoms with Gasteiger partial charge in [0.1, 0.15) is 0 Å². The van der Waals surface area contributed by atoms with E-state index in [2.05, 4.69) is 37.9 Å². The summed E-state index contributed by atoms with van der Waals surface area (Å²) in [6.07, 6.45) is 3.10. The van der Waals surface area contributed by atoms with Crippen LogP contribution in [-0.4, -0.2) is 43.3 Å². The van der Waals surface area contributed by atoms with Gasteiger partial charge in [-0.05, 0) is 18.3 Å². The quantitative estimate of drug-likeness (QED) is 0.800. The van der Waals surface area contributed by atoms with Gasteiger partial charge in [-0.1, -0.05) is 34.1 Å². The van der Waals surface area contributed by atoms with Gasteiger partial charge in [0.2, 0.25) is 0 Å². The summed E-state index contributed by atoms with van der Waals surface area (Å²) in [7, 11) is 0. The van der Waals surface area contributed by atoms with Crippen LogP contribution in [0.15, 0.2) is 0 Å². The molecular weight excluding hydrogens is 215 g/mol. The summed E-state index contributed by atoms with van der Waals surface area (Å²) >= 11 is 0. The molecule has 17 heavy (non-hydrogen) atoms. The average Bonchev–Trinajstić information content (AvgIpc) is 2.26. The van der Waals surface area contributed by atoms with Gasteiger partial charge in [0.15, 0.2) is 0 Å². The first-order valence-electron chi connectivity index (χ1n) is 7.02. The van der Waals surface area contributed by atoms with E-state index in [1.54, 1.807) is 0 Å². The molecular formula is C14H29FN2.